The molecule has 0 fully saturated rings. The summed E-state index contributed by atoms with van der Waals surface area (Å²) in [5.41, 5.74) is 2.41. The van der Waals surface area contributed by atoms with Gasteiger partial charge in [-0.1, -0.05) is 30.3 Å². The molecular formula is C16H12O3. The predicted octanol–water partition coefficient (Wildman–Crippen LogP) is 3.47. The van der Waals surface area contributed by atoms with Gasteiger partial charge in [0.05, 0.1) is 0 Å². The van der Waals surface area contributed by atoms with Gasteiger partial charge in [-0.25, -0.2) is 4.79 Å². The molecule has 0 saturated carbocycles. The van der Waals surface area contributed by atoms with E-state index in [1.165, 1.54) is 6.07 Å². The Bertz CT molecular complexity index is 801. The van der Waals surface area contributed by atoms with Gasteiger partial charge >= 0.3 is 5.63 Å². The average Bonchev–Trinajstić information content (AvgIpc) is 2.41. The SMILES string of the molecule is Cc1c(-c2ccccc2)c2ccc(O)cc2oc1=O. The highest BCUT2D eigenvalue weighted by Gasteiger charge is 2.12. The van der Waals surface area contributed by atoms with E-state index in [1.54, 1.807) is 19.1 Å². The highest BCUT2D eigenvalue weighted by molar-refractivity contribution is 5.95. The van der Waals surface area contributed by atoms with E-state index in [4.69, 9.17) is 4.42 Å². The molecular weight excluding hydrogens is 240 g/mol. The van der Waals surface area contributed by atoms with Crippen LogP contribution in [0, 0.1) is 6.92 Å². The fourth-order valence-electron chi connectivity index (χ4n) is 2.26. The van der Waals surface area contributed by atoms with Crippen molar-refractivity contribution in [1.82, 2.24) is 0 Å². The number of phenolic OH excluding ortho intramolecular Hbond substituents is 1. The van der Waals surface area contributed by atoms with Crippen LogP contribution in [0.1, 0.15) is 5.56 Å². The van der Waals surface area contributed by atoms with E-state index >= 15 is 0 Å². The molecule has 0 unspecified atom stereocenters. The van der Waals surface area contributed by atoms with Crippen molar-refractivity contribution in [2.75, 3.05) is 0 Å². The normalized spacial score (nSPS) is 10.8. The van der Waals surface area contributed by atoms with Crippen LogP contribution in [0.25, 0.3) is 22.1 Å². The molecule has 3 rings (SSSR count). The van der Waals surface area contributed by atoms with Crippen LogP contribution in [0.3, 0.4) is 0 Å². The molecule has 1 heterocycles. The van der Waals surface area contributed by atoms with Crippen molar-refractivity contribution < 1.29 is 9.52 Å². The lowest BCUT2D eigenvalue weighted by Gasteiger charge is -2.09. The Morgan fingerprint density at radius 1 is 1.05 bits per heavy atom. The number of hydrogen-bond donors (Lipinski definition) is 1. The van der Waals surface area contributed by atoms with Gasteiger partial charge in [-0.15, -0.1) is 0 Å². The first-order chi connectivity index (χ1) is 9.16. The molecule has 0 saturated heterocycles. The topological polar surface area (TPSA) is 50.4 Å². The van der Waals surface area contributed by atoms with Gasteiger partial charge in [-0.05, 0) is 24.6 Å². The highest BCUT2D eigenvalue weighted by atomic mass is 16.4. The molecule has 0 aliphatic heterocycles. The summed E-state index contributed by atoms with van der Waals surface area (Å²) in [6.45, 7) is 1.75. The number of hydrogen-bond acceptors (Lipinski definition) is 3. The lowest BCUT2D eigenvalue weighted by Crippen LogP contribution is -2.05. The zero-order valence-corrected chi connectivity index (χ0v) is 10.4. The number of phenols is 1. The van der Waals surface area contributed by atoms with Gasteiger partial charge in [0, 0.05) is 22.6 Å². The predicted molar refractivity (Wildman–Crippen MR) is 74.3 cm³/mol. The third-order valence-electron chi connectivity index (χ3n) is 3.18. The lowest BCUT2D eigenvalue weighted by molar-refractivity contribution is 0.473. The average molecular weight is 252 g/mol. The zero-order valence-electron chi connectivity index (χ0n) is 10.4. The van der Waals surface area contributed by atoms with E-state index in [0.29, 0.717) is 11.1 Å². The van der Waals surface area contributed by atoms with Gasteiger partial charge in [-0.2, -0.15) is 0 Å². The number of fused-ring (bicyclic) bond motifs is 1. The van der Waals surface area contributed by atoms with Gasteiger partial charge in [0.15, 0.2) is 0 Å². The summed E-state index contributed by atoms with van der Waals surface area (Å²) >= 11 is 0. The Kier molecular flexibility index (Phi) is 2.60. The van der Waals surface area contributed by atoms with Gasteiger partial charge < -0.3 is 9.52 Å². The van der Waals surface area contributed by atoms with Crippen LogP contribution in [-0.4, -0.2) is 5.11 Å². The fraction of sp³-hybridized carbons (Fsp3) is 0.0625. The molecule has 19 heavy (non-hydrogen) atoms. The molecule has 1 aromatic heterocycles. The molecule has 94 valence electrons. The minimum Gasteiger partial charge on any atom is -0.508 e. The van der Waals surface area contributed by atoms with Crippen LogP contribution in [0.15, 0.2) is 57.7 Å². The Morgan fingerprint density at radius 2 is 1.79 bits per heavy atom. The quantitative estimate of drug-likeness (QED) is 0.674. The summed E-state index contributed by atoms with van der Waals surface area (Å²) in [5.74, 6) is 0.0820. The maximum Gasteiger partial charge on any atom is 0.339 e. The smallest absolute Gasteiger partial charge is 0.339 e. The van der Waals surface area contributed by atoms with Crippen LogP contribution >= 0.6 is 0 Å². The van der Waals surface area contributed by atoms with Crippen molar-refractivity contribution in [3.63, 3.8) is 0 Å². The summed E-state index contributed by atoms with van der Waals surface area (Å²) < 4.78 is 5.22. The number of aromatic hydroxyl groups is 1. The molecule has 1 N–H and O–H groups in total. The van der Waals surface area contributed by atoms with Crippen LogP contribution < -0.4 is 5.63 Å². The molecule has 0 aliphatic rings. The summed E-state index contributed by atoms with van der Waals surface area (Å²) in [7, 11) is 0. The van der Waals surface area contributed by atoms with Gasteiger partial charge in [0.2, 0.25) is 0 Å². The molecule has 0 spiro atoms. The summed E-state index contributed by atoms with van der Waals surface area (Å²) in [5, 5.41) is 10.3. The Labute approximate surface area is 109 Å². The van der Waals surface area contributed by atoms with Gasteiger partial charge in [0.25, 0.3) is 0 Å². The molecule has 0 radical (unpaired) electrons. The molecule has 2 aromatic carbocycles. The van der Waals surface area contributed by atoms with Gasteiger partial charge in [0.1, 0.15) is 11.3 Å². The summed E-state index contributed by atoms with van der Waals surface area (Å²) in [4.78, 5) is 11.9. The fourth-order valence-corrected chi connectivity index (χ4v) is 2.26. The van der Waals surface area contributed by atoms with Crippen molar-refractivity contribution in [1.29, 1.82) is 0 Å². The van der Waals surface area contributed by atoms with E-state index < -0.39 is 0 Å². The Hall–Kier alpha value is -2.55. The molecule has 3 nitrogen and oxygen atoms in total. The minimum atomic E-state index is -0.378. The van der Waals surface area contributed by atoms with Crippen LogP contribution in [0.2, 0.25) is 0 Å². The lowest BCUT2D eigenvalue weighted by atomic mass is 9.98. The minimum absolute atomic E-state index is 0.0820. The summed E-state index contributed by atoms with van der Waals surface area (Å²) in [6, 6.07) is 14.5. The van der Waals surface area contributed by atoms with Crippen molar-refractivity contribution in [2.45, 2.75) is 6.92 Å². The first-order valence-corrected chi connectivity index (χ1v) is 5.98. The standard InChI is InChI=1S/C16H12O3/c1-10-15(11-5-3-2-4-6-11)13-8-7-12(17)9-14(13)19-16(10)18/h2-9,17H,1H3. The molecule has 0 aliphatic carbocycles. The second-order valence-corrected chi connectivity index (χ2v) is 4.44. The third-order valence-corrected chi connectivity index (χ3v) is 3.18. The third kappa shape index (κ3) is 1.89. The van der Waals surface area contributed by atoms with E-state index in [-0.39, 0.29) is 11.4 Å². The molecule has 0 atom stereocenters. The first kappa shape index (κ1) is 11.5. The van der Waals surface area contributed by atoms with Crippen molar-refractivity contribution >= 4 is 11.0 Å². The van der Waals surface area contributed by atoms with E-state index in [1.807, 2.05) is 30.3 Å². The second-order valence-electron chi connectivity index (χ2n) is 4.44. The summed E-state index contributed by atoms with van der Waals surface area (Å²) in [6.07, 6.45) is 0. The van der Waals surface area contributed by atoms with Gasteiger partial charge in [-0.3, -0.25) is 0 Å². The molecule has 3 aromatic rings. The first-order valence-electron chi connectivity index (χ1n) is 5.98. The van der Waals surface area contributed by atoms with E-state index in [9.17, 15) is 9.90 Å². The molecule has 0 amide bonds. The number of rotatable bonds is 1. The van der Waals surface area contributed by atoms with E-state index in [2.05, 4.69) is 0 Å². The maximum absolute atomic E-state index is 11.9. The zero-order chi connectivity index (χ0) is 13.4. The van der Waals surface area contributed by atoms with E-state index in [0.717, 1.165) is 16.5 Å². The van der Waals surface area contributed by atoms with Crippen molar-refractivity contribution in [3.8, 4) is 16.9 Å². The van der Waals surface area contributed by atoms with Crippen LogP contribution in [0.4, 0.5) is 0 Å². The highest BCUT2D eigenvalue weighted by Crippen LogP contribution is 2.31. The maximum atomic E-state index is 11.9. The van der Waals surface area contributed by atoms with Crippen LogP contribution in [0.5, 0.6) is 5.75 Å². The monoisotopic (exact) mass is 252 g/mol. The Balaban J connectivity index is 2.46. The molecule has 0 bridgehead atoms. The van der Waals surface area contributed by atoms with Crippen molar-refractivity contribution in [2.24, 2.45) is 0 Å². The largest absolute Gasteiger partial charge is 0.508 e. The Morgan fingerprint density at radius 3 is 2.53 bits per heavy atom. The number of benzene rings is 2. The second kappa shape index (κ2) is 4.28. The molecule has 3 heteroatoms. The van der Waals surface area contributed by atoms with Crippen LogP contribution in [-0.2, 0) is 0 Å². The van der Waals surface area contributed by atoms with Crippen molar-refractivity contribution in [3.05, 3.63) is 64.5 Å².